The largest absolute Gasteiger partial charge is 0.482 e. The number of anilines is 1. The molecule has 0 bridgehead atoms. The second kappa shape index (κ2) is 6.05. The summed E-state index contributed by atoms with van der Waals surface area (Å²) in [5, 5.41) is 0.263. The van der Waals surface area contributed by atoms with Crippen molar-refractivity contribution in [1.29, 1.82) is 0 Å². The van der Waals surface area contributed by atoms with E-state index in [0.717, 1.165) is 19.4 Å². The van der Waals surface area contributed by atoms with Crippen LogP contribution in [-0.2, 0) is 0 Å². The number of halogens is 4. The fraction of sp³-hybridized carbons (Fsp3) is 0.583. The minimum Gasteiger partial charge on any atom is -0.482 e. The molecule has 1 unspecified atom stereocenters. The molecule has 2 heterocycles. The Bertz CT molecular complexity index is 470. The average Bonchev–Trinajstić information content (AvgIpc) is 2.35. The summed E-state index contributed by atoms with van der Waals surface area (Å²) >= 11 is 6.05. The molecule has 8 heteroatoms. The van der Waals surface area contributed by atoms with Gasteiger partial charge in [0.05, 0.1) is 11.2 Å². The van der Waals surface area contributed by atoms with Crippen molar-refractivity contribution in [2.24, 2.45) is 5.73 Å². The van der Waals surface area contributed by atoms with Crippen molar-refractivity contribution in [3.8, 4) is 5.75 Å². The standard InChI is InChI=1S/C12H15ClF3N3O/c13-10-4-9(20-7-12(14,15)16)5-18-11(10)19-3-1-2-8(17)6-19/h4-5,8H,1-3,6-7,17H2. The maximum atomic E-state index is 12.1. The number of rotatable bonds is 3. The minimum atomic E-state index is -4.38. The van der Waals surface area contributed by atoms with Crippen molar-refractivity contribution >= 4 is 17.4 Å². The summed E-state index contributed by atoms with van der Waals surface area (Å²) in [7, 11) is 0. The summed E-state index contributed by atoms with van der Waals surface area (Å²) in [5.41, 5.74) is 5.88. The molecule has 112 valence electrons. The van der Waals surface area contributed by atoms with E-state index in [-0.39, 0.29) is 16.8 Å². The number of aromatic nitrogens is 1. The molecule has 0 aromatic carbocycles. The number of ether oxygens (including phenoxy) is 1. The molecule has 20 heavy (non-hydrogen) atoms. The van der Waals surface area contributed by atoms with Crippen molar-refractivity contribution in [1.82, 2.24) is 4.98 Å². The second-order valence-corrected chi connectivity index (χ2v) is 5.14. The molecule has 0 spiro atoms. The third-order valence-corrected chi connectivity index (χ3v) is 3.23. The van der Waals surface area contributed by atoms with Crippen LogP contribution in [0.1, 0.15) is 12.8 Å². The van der Waals surface area contributed by atoms with E-state index in [1.807, 2.05) is 4.90 Å². The Kier molecular flexibility index (Phi) is 4.59. The van der Waals surface area contributed by atoms with Crippen molar-refractivity contribution in [2.45, 2.75) is 25.1 Å². The van der Waals surface area contributed by atoms with Crippen LogP contribution < -0.4 is 15.4 Å². The SMILES string of the molecule is NC1CCCN(c2ncc(OCC(F)(F)F)cc2Cl)C1. The maximum absolute atomic E-state index is 12.1. The van der Waals surface area contributed by atoms with Gasteiger partial charge >= 0.3 is 6.18 Å². The van der Waals surface area contributed by atoms with Crippen LogP contribution in [0.2, 0.25) is 5.02 Å². The molecule has 1 fully saturated rings. The van der Waals surface area contributed by atoms with Crippen LogP contribution in [0.15, 0.2) is 12.3 Å². The third kappa shape index (κ3) is 4.14. The molecule has 0 amide bonds. The van der Waals surface area contributed by atoms with E-state index in [1.54, 1.807) is 0 Å². The number of alkyl halides is 3. The summed E-state index contributed by atoms with van der Waals surface area (Å²) in [5.74, 6) is 0.526. The third-order valence-electron chi connectivity index (χ3n) is 2.96. The van der Waals surface area contributed by atoms with Crippen LogP contribution in [0.5, 0.6) is 5.75 Å². The van der Waals surface area contributed by atoms with Crippen LogP contribution in [0.4, 0.5) is 19.0 Å². The molecular weight excluding hydrogens is 295 g/mol. The Morgan fingerprint density at radius 3 is 2.85 bits per heavy atom. The maximum Gasteiger partial charge on any atom is 0.422 e. The van der Waals surface area contributed by atoms with Gasteiger partial charge in [-0.2, -0.15) is 13.2 Å². The van der Waals surface area contributed by atoms with Crippen molar-refractivity contribution in [3.63, 3.8) is 0 Å². The molecule has 0 radical (unpaired) electrons. The molecule has 2 N–H and O–H groups in total. The van der Waals surface area contributed by atoms with Gasteiger partial charge in [-0.3, -0.25) is 0 Å². The highest BCUT2D eigenvalue weighted by Crippen LogP contribution is 2.29. The summed E-state index contributed by atoms with van der Waals surface area (Å²) in [6.45, 7) is 0.0532. The van der Waals surface area contributed by atoms with Gasteiger partial charge in [0, 0.05) is 25.2 Å². The first-order valence-electron chi connectivity index (χ1n) is 6.21. The molecule has 4 nitrogen and oxygen atoms in total. The number of pyridine rings is 1. The Morgan fingerprint density at radius 2 is 2.25 bits per heavy atom. The lowest BCUT2D eigenvalue weighted by Gasteiger charge is -2.32. The van der Waals surface area contributed by atoms with Gasteiger partial charge in [-0.15, -0.1) is 0 Å². The summed E-state index contributed by atoms with van der Waals surface area (Å²) < 4.78 is 40.8. The first kappa shape index (κ1) is 15.2. The van der Waals surface area contributed by atoms with Gasteiger partial charge < -0.3 is 15.4 Å². The Balaban J connectivity index is 2.05. The molecular formula is C12H15ClF3N3O. The van der Waals surface area contributed by atoms with Crippen LogP contribution in [0.3, 0.4) is 0 Å². The molecule has 2 rings (SSSR count). The van der Waals surface area contributed by atoms with Gasteiger partial charge in [0.25, 0.3) is 0 Å². The van der Waals surface area contributed by atoms with Gasteiger partial charge in [-0.1, -0.05) is 11.6 Å². The highest BCUT2D eigenvalue weighted by molar-refractivity contribution is 6.33. The van der Waals surface area contributed by atoms with Gasteiger partial charge in [0.1, 0.15) is 11.6 Å². The normalized spacial score (nSPS) is 20.1. The Labute approximate surface area is 119 Å². The van der Waals surface area contributed by atoms with Gasteiger partial charge in [-0.05, 0) is 12.8 Å². The van der Waals surface area contributed by atoms with Crippen LogP contribution >= 0.6 is 11.6 Å². The highest BCUT2D eigenvalue weighted by Gasteiger charge is 2.28. The molecule has 0 aliphatic carbocycles. The summed E-state index contributed by atoms with van der Waals surface area (Å²) in [4.78, 5) is 6.02. The number of hydrogen-bond acceptors (Lipinski definition) is 4. The zero-order chi connectivity index (χ0) is 14.8. The van der Waals surface area contributed by atoms with Gasteiger partial charge in [-0.25, -0.2) is 4.98 Å². The minimum absolute atomic E-state index is 0.00242. The monoisotopic (exact) mass is 309 g/mol. The van der Waals surface area contributed by atoms with Crippen molar-refractivity contribution in [3.05, 3.63) is 17.3 Å². The predicted molar refractivity (Wildman–Crippen MR) is 70.2 cm³/mol. The highest BCUT2D eigenvalue weighted by atomic mass is 35.5. The molecule has 0 saturated carbocycles. The lowest BCUT2D eigenvalue weighted by atomic mass is 10.1. The zero-order valence-electron chi connectivity index (χ0n) is 10.7. The van der Waals surface area contributed by atoms with Crippen molar-refractivity contribution < 1.29 is 17.9 Å². The Hall–Kier alpha value is -1.21. The van der Waals surface area contributed by atoms with E-state index in [1.165, 1.54) is 12.3 Å². The van der Waals surface area contributed by atoms with Crippen LogP contribution in [0, 0.1) is 0 Å². The number of piperidine rings is 1. The first-order chi connectivity index (χ1) is 9.35. The average molecular weight is 310 g/mol. The lowest BCUT2D eigenvalue weighted by molar-refractivity contribution is -0.153. The fourth-order valence-electron chi connectivity index (χ4n) is 2.09. The quantitative estimate of drug-likeness (QED) is 0.932. The molecule has 1 atom stereocenters. The topological polar surface area (TPSA) is 51.4 Å². The molecule has 1 aliphatic heterocycles. The molecule has 1 aliphatic rings. The second-order valence-electron chi connectivity index (χ2n) is 4.73. The van der Waals surface area contributed by atoms with Crippen LogP contribution in [-0.4, -0.2) is 36.9 Å². The van der Waals surface area contributed by atoms with Gasteiger partial charge in [0.2, 0.25) is 0 Å². The number of hydrogen-bond donors (Lipinski definition) is 1. The van der Waals surface area contributed by atoms with Gasteiger partial charge in [0.15, 0.2) is 6.61 Å². The fourth-order valence-corrected chi connectivity index (χ4v) is 2.37. The van der Waals surface area contributed by atoms with Crippen LogP contribution in [0.25, 0.3) is 0 Å². The van der Waals surface area contributed by atoms with E-state index in [0.29, 0.717) is 12.4 Å². The lowest BCUT2D eigenvalue weighted by Crippen LogP contribution is -2.43. The summed E-state index contributed by atoms with van der Waals surface area (Å²) in [6.07, 6.45) is -1.26. The van der Waals surface area contributed by atoms with Crippen molar-refractivity contribution in [2.75, 3.05) is 24.6 Å². The number of nitrogens with zero attached hydrogens (tertiary/aromatic N) is 2. The molecule has 1 aromatic heterocycles. The smallest absolute Gasteiger partial charge is 0.422 e. The van der Waals surface area contributed by atoms with E-state index in [4.69, 9.17) is 17.3 Å². The molecule has 1 saturated heterocycles. The Morgan fingerprint density at radius 1 is 1.50 bits per heavy atom. The van der Waals surface area contributed by atoms with E-state index in [9.17, 15) is 13.2 Å². The van der Waals surface area contributed by atoms with E-state index < -0.39 is 12.8 Å². The predicted octanol–water partition coefficient (Wildman–Crippen LogP) is 2.60. The van der Waals surface area contributed by atoms with E-state index in [2.05, 4.69) is 9.72 Å². The summed E-state index contributed by atoms with van der Waals surface area (Å²) in [6, 6.07) is 1.40. The molecule has 1 aromatic rings. The zero-order valence-corrected chi connectivity index (χ0v) is 11.4. The first-order valence-corrected chi connectivity index (χ1v) is 6.58. The number of nitrogens with two attached hydrogens (primary N) is 1. The van der Waals surface area contributed by atoms with E-state index >= 15 is 0 Å².